The molecule has 30 heavy (non-hydrogen) atoms. The van der Waals surface area contributed by atoms with Crippen molar-refractivity contribution in [3.8, 4) is 11.6 Å². The normalized spacial score (nSPS) is 17.4. The molecule has 3 heterocycles. The van der Waals surface area contributed by atoms with E-state index >= 15 is 0 Å². The van der Waals surface area contributed by atoms with Crippen LogP contribution in [0.4, 0.5) is 0 Å². The number of ether oxygens (including phenoxy) is 1. The van der Waals surface area contributed by atoms with Crippen molar-refractivity contribution in [2.45, 2.75) is 45.6 Å². The third kappa shape index (κ3) is 3.79. The van der Waals surface area contributed by atoms with Crippen molar-refractivity contribution in [2.75, 3.05) is 13.1 Å². The van der Waals surface area contributed by atoms with Gasteiger partial charge in [-0.15, -0.1) is 11.3 Å². The first-order valence-corrected chi connectivity index (χ1v) is 11.5. The Balaban J connectivity index is 1.48. The maximum absolute atomic E-state index is 11.4. The van der Waals surface area contributed by atoms with Crippen LogP contribution in [0.1, 0.15) is 52.8 Å². The fourth-order valence-corrected chi connectivity index (χ4v) is 5.64. The number of aryl methyl sites for hydroxylation is 2. The highest BCUT2D eigenvalue weighted by atomic mass is 32.1. The molecule has 1 amide bonds. The molecule has 2 N–H and O–H groups in total. The molecular formula is C23H26N4O2S. The fraction of sp³-hybridized carbons (Fsp3) is 0.435. The number of nitrogens with zero attached hydrogens (tertiary/aromatic N) is 3. The molecule has 0 unspecified atom stereocenters. The number of hydrogen-bond acceptors (Lipinski definition) is 6. The number of amides is 1. The highest BCUT2D eigenvalue weighted by Crippen LogP contribution is 2.41. The Labute approximate surface area is 180 Å². The fourth-order valence-electron chi connectivity index (χ4n) is 4.37. The van der Waals surface area contributed by atoms with Gasteiger partial charge in [0, 0.05) is 10.4 Å². The Bertz CT molecular complexity index is 1080. The number of rotatable bonds is 5. The lowest BCUT2D eigenvalue weighted by Crippen LogP contribution is -2.32. The van der Waals surface area contributed by atoms with E-state index in [1.807, 2.05) is 0 Å². The van der Waals surface area contributed by atoms with Crippen molar-refractivity contribution in [1.82, 2.24) is 14.9 Å². The van der Waals surface area contributed by atoms with Gasteiger partial charge in [-0.05, 0) is 80.9 Å². The minimum Gasteiger partial charge on any atom is -0.438 e. The molecule has 6 nitrogen and oxygen atoms in total. The Hall–Kier alpha value is -2.51. The zero-order valence-electron chi connectivity index (χ0n) is 17.2. The van der Waals surface area contributed by atoms with E-state index < -0.39 is 5.91 Å². The van der Waals surface area contributed by atoms with Crippen molar-refractivity contribution in [3.63, 3.8) is 0 Å². The van der Waals surface area contributed by atoms with Crippen molar-refractivity contribution in [2.24, 2.45) is 11.7 Å². The maximum Gasteiger partial charge on any atom is 0.248 e. The molecule has 0 saturated carbocycles. The average Bonchev–Trinajstić information content (AvgIpc) is 3.31. The molecule has 2 aliphatic rings. The van der Waals surface area contributed by atoms with E-state index in [1.54, 1.807) is 35.6 Å². The summed E-state index contributed by atoms with van der Waals surface area (Å²) in [5.41, 5.74) is 7.16. The second-order valence-corrected chi connectivity index (χ2v) is 9.52. The van der Waals surface area contributed by atoms with E-state index in [9.17, 15) is 4.79 Å². The summed E-state index contributed by atoms with van der Waals surface area (Å²) in [6.45, 7) is 5.26. The zero-order valence-corrected chi connectivity index (χ0v) is 18.0. The van der Waals surface area contributed by atoms with E-state index in [1.165, 1.54) is 29.7 Å². The first-order chi connectivity index (χ1) is 14.6. The lowest BCUT2D eigenvalue weighted by molar-refractivity contribution is 0.100. The quantitative estimate of drug-likeness (QED) is 0.663. The number of benzene rings is 1. The van der Waals surface area contributed by atoms with Crippen LogP contribution >= 0.6 is 11.3 Å². The Morgan fingerprint density at radius 2 is 1.97 bits per heavy atom. The molecule has 1 fully saturated rings. The molecule has 3 aromatic rings. The van der Waals surface area contributed by atoms with Gasteiger partial charge in [-0.1, -0.05) is 6.92 Å². The van der Waals surface area contributed by atoms with Crippen LogP contribution < -0.4 is 10.5 Å². The van der Waals surface area contributed by atoms with Crippen molar-refractivity contribution < 1.29 is 9.53 Å². The summed E-state index contributed by atoms with van der Waals surface area (Å²) in [7, 11) is 0. The zero-order chi connectivity index (χ0) is 20.7. The maximum atomic E-state index is 11.4. The van der Waals surface area contributed by atoms with Gasteiger partial charge in [-0.3, -0.25) is 9.69 Å². The van der Waals surface area contributed by atoms with Crippen molar-refractivity contribution in [1.29, 1.82) is 0 Å². The van der Waals surface area contributed by atoms with Gasteiger partial charge >= 0.3 is 0 Å². The lowest BCUT2D eigenvalue weighted by Gasteiger charge is -2.29. The largest absolute Gasteiger partial charge is 0.438 e. The first kappa shape index (κ1) is 19.5. The number of likely N-dealkylation sites (tertiary alicyclic amines) is 1. The van der Waals surface area contributed by atoms with Gasteiger partial charge in [-0.25, -0.2) is 4.98 Å². The first-order valence-electron chi connectivity index (χ1n) is 10.7. The van der Waals surface area contributed by atoms with Gasteiger partial charge < -0.3 is 10.5 Å². The summed E-state index contributed by atoms with van der Waals surface area (Å²) in [5.74, 6) is 2.45. The third-order valence-corrected chi connectivity index (χ3v) is 7.36. The highest BCUT2D eigenvalue weighted by molar-refractivity contribution is 7.19. The number of thiophene rings is 1. The van der Waals surface area contributed by atoms with Crippen LogP contribution in [0.15, 0.2) is 24.3 Å². The topological polar surface area (TPSA) is 81.3 Å². The molecule has 2 aromatic heterocycles. The van der Waals surface area contributed by atoms with Gasteiger partial charge in [0.1, 0.15) is 16.4 Å². The lowest BCUT2D eigenvalue weighted by atomic mass is 9.99. The second-order valence-electron chi connectivity index (χ2n) is 8.43. The number of carbonyl (C=O) groups is 1. The number of nitrogens with two attached hydrogens (primary N) is 1. The molecule has 0 atom stereocenters. The molecule has 5 rings (SSSR count). The number of piperidine rings is 1. The Kier molecular flexibility index (Phi) is 5.16. The van der Waals surface area contributed by atoms with Gasteiger partial charge in [0.2, 0.25) is 11.8 Å². The molecule has 0 spiro atoms. The smallest absolute Gasteiger partial charge is 0.248 e. The predicted octanol–water partition coefficient (Wildman–Crippen LogP) is 4.30. The van der Waals surface area contributed by atoms with Gasteiger partial charge in [0.15, 0.2) is 0 Å². The summed E-state index contributed by atoms with van der Waals surface area (Å²) in [5, 5.41) is 1.06. The molecular weight excluding hydrogens is 396 g/mol. The van der Waals surface area contributed by atoms with Crippen LogP contribution in [0.25, 0.3) is 10.2 Å². The Morgan fingerprint density at radius 3 is 2.70 bits per heavy atom. The molecule has 1 saturated heterocycles. The molecule has 0 radical (unpaired) electrons. The number of primary amides is 1. The number of fused-ring (bicyclic) bond motifs is 3. The molecule has 156 valence electrons. The predicted molar refractivity (Wildman–Crippen MR) is 118 cm³/mol. The molecule has 1 aliphatic carbocycles. The minimum absolute atomic E-state index is 0.445. The van der Waals surface area contributed by atoms with Crippen LogP contribution in [0.2, 0.25) is 0 Å². The SMILES string of the molecule is CC1CCN(Cc2nc(Oc3ccc(C(N)=O)cc3)c3c4c(sc3n2)CCC4)CC1. The second kappa shape index (κ2) is 7.96. The van der Waals surface area contributed by atoms with Gasteiger partial charge in [0.05, 0.1) is 11.9 Å². The number of aromatic nitrogens is 2. The van der Waals surface area contributed by atoms with E-state index in [2.05, 4.69) is 11.8 Å². The summed E-state index contributed by atoms with van der Waals surface area (Å²) in [6, 6.07) is 6.91. The molecule has 0 bridgehead atoms. The van der Waals surface area contributed by atoms with E-state index in [0.717, 1.165) is 54.4 Å². The van der Waals surface area contributed by atoms with Crippen LogP contribution in [0.3, 0.4) is 0 Å². The highest BCUT2D eigenvalue weighted by Gasteiger charge is 2.24. The minimum atomic E-state index is -0.445. The molecule has 7 heteroatoms. The summed E-state index contributed by atoms with van der Waals surface area (Å²) in [4.78, 5) is 26.0. The van der Waals surface area contributed by atoms with Crippen LogP contribution in [0.5, 0.6) is 11.6 Å². The van der Waals surface area contributed by atoms with Gasteiger partial charge in [-0.2, -0.15) is 4.98 Å². The van der Waals surface area contributed by atoms with Crippen LogP contribution in [-0.4, -0.2) is 33.9 Å². The monoisotopic (exact) mass is 422 g/mol. The van der Waals surface area contributed by atoms with E-state index in [0.29, 0.717) is 17.2 Å². The van der Waals surface area contributed by atoms with E-state index in [-0.39, 0.29) is 0 Å². The van der Waals surface area contributed by atoms with Gasteiger partial charge in [0.25, 0.3) is 0 Å². The van der Waals surface area contributed by atoms with Crippen molar-refractivity contribution in [3.05, 3.63) is 46.1 Å². The summed E-state index contributed by atoms with van der Waals surface area (Å²) < 4.78 is 6.24. The van der Waals surface area contributed by atoms with E-state index in [4.69, 9.17) is 20.4 Å². The standard InChI is InChI=1S/C23H26N4O2S/c1-14-9-11-27(12-10-14)13-19-25-22(29-16-7-5-15(6-8-16)21(24)28)20-17-3-2-4-18(17)30-23(20)26-19/h5-8,14H,2-4,9-13H2,1H3,(H2,24,28). The molecule has 1 aliphatic heterocycles. The van der Waals surface area contributed by atoms with Crippen LogP contribution in [-0.2, 0) is 19.4 Å². The average molecular weight is 423 g/mol. The summed E-state index contributed by atoms with van der Waals surface area (Å²) in [6.07, 6.45) is 5.80. The third-order valence-electron chi connectivity index (χ3n) is 6.17. The Morgan fingerprint density at radius 1 is 1.20 bits per heavy atom. The molecule has 1 aromatic carbocycles. The van der Waals surface area contributed by atoms with Crippen molar-refractivity contribution >= 4 is 27.5 Å². The van der Waals surface area contributed by atoms with Crippen LogP contribution in [0, 0.1) is 5.92 Å². The number of hydrogen-bond donors (Lipinski definition) is 1. The number of carbonyl (C=O) groups excluding carboxylic acids is 1. The summed E-state index contributed by atoms with van der Waals surface area (Å²) >= 11 is 1.78.